The second kappa shape index (κ2) is 7.25. The highest BCUT2D eigenvalue weighted by atomic mass is 16.5. The summed E-state index contributed by atoms with van der Waals surface area (Å²) in [6.45, 7) is 8.41. The maximum atomic E-state index is 11.7. The second-order valence-electron chi connectivity index (χ2n) is 4.64. The third kappa shape index (κ3) is 4.04. The quantitative estimate of drug-likeness (QED) is 0.753. The first-order valence-corrected chi connectivity index (χ1v) is 6.91. The predicted molar refractivity (Wildman–Crippen MR) is 72.1 cm³/mol. The normalized spacial score (nSPS) is 16.5. The standard InChI is InChI=1S/C13H22N4O2/c1-2-19-13(18)12-10-15-11-17(12)7-3-6-16-8-4-14-5-9-16/h10-11,14H,2-9H2,1H3. The lowest BCUT2D eigenvalue weighted by molar-refractivity contribution is 0.0513. The maximum absolute atomic E-state index is 11.7. The molecule has 0 amide bonds. The van der Waals surface area contributed by atoms with Gasteiger partial charge in [-0.1, -0.05) is 0 Å². The molecule has 0 atom stereocenters. The van der Waals surface area contributed by atoms with E-state index in [0.717, 1.165) is 45.7 Å². The van der Waals surface area contributed by atoms with Gasteiger partial charge in [0, 0.05) is 32.7 Å². The van der Waals surface area contributed by atoms with Gasteiger partial charge in [-0.05, 0) is 19.9 Å². The van der Waals surface area contributed by atoms with Gasteiger partial charge in [0.15, 0.2) is 0 Å². The average molecular weight is 266 g/mol. The number of nitrogens with zero attached hydrogens (tertiary/aromatic N) is 3. The van der Waals surface area contributed by atoms with Crippen molar-refractivity contribution in [3.05, 3.63) is 18.2 Å². The summed E-state index contributed by atoms with van der Waals surface area (Å²) in [7, 11) is 0. The molecule has 1 fully saturated rings. The van der Waals surface area contributed by atoms with E-state index in [-0.39, 0.29) is 5.97 Å². The lowest BCUT2D eigenvalue weighted by atomic mass is 10.3. The number of rotatable bonds is 6. The Morgan fingerprint density at radius 3 is 2.95 bits per heavy atom. The summed E-state index contributed by atoms with van der Waals surface area (Å²) >= 11 is 0. The van der Waals surface area contributed by atoms with Crippen molar-refractivity contribution >= 4 is 5.97 Å². The summed E-state index contributed by atoms with van der Waals surface area (Å²) in [4.78, 5) is 18.2. The summed E-state index contributed by atoms with van der Waals surface area (Å²) in [5, 5.41) is 3.34. The molecule has 0 aromatic carbocycles. The van der Waals surface area contributed by atoms with Crippen LogP contribution in [0.2, 0.25) is 0 Å². The van der Waals surface area contributed by atoms with Gasteiger partial charge in [-0.25, -0.2) is 9.78 Å². The fraction of sp³-hybridized carbons (Fsp3) is 0.692. The van der Waals surface area contributed by atoms with Crippen molar-refractivity contribution in [1.29, 1.82) is 0 Å². The SMILES string of the molecule is CCOC(=O)c1cncn1CCCN1CCNCC1. The molecule has 2 rings (SSSR count). The molecule has 106 valence electrons. The van der Waals surface area contributed by atoms with Crippen LogP contribution in [0.4, 0.5) is 0 Å². The molecule has 2 heterocycles. The van der Waals surface area contributed by atoms with Gasteiger partial charge in [-0.15, -0.1) is 0 Å². The van der Waals surface area contributed by atoms with Crippen LogP contribution < -0.4 is 5.32 Å². The highest BCUT2D eigenvalue weighted by Crippen LogP contribution is 2.04. The molecule has 19 heavy (non-hydrogen) atoms. The van der Waals surface area contributed by atoms with Crippen LogP contribution in [0.3, 0.4) is 0 Å². The van der Waals surface area contributed by atoms with E-state index in [1.54, 1.807) is 12.5 Å². The molecule has 1 aliphatic heterocycles. The van der Waals surface area contributed by atoms with Crippen LogP contribution >= 0.6 is 0 Å². The first-order chi connectivity index (χ1) is 9.31. The zero-order chi connectivity index (χ0) is 13.5. The molecule has 1 saturated heterocycles. The van der Waals surface area contributed by atoms with Crippen molar-refractivity contribution in [2.24, 2.45) is 0 Å². The van der Waals surface area contributed by atoms with E-state index in [1.165, 1.54) is 0 Å². The Labute approximate surface area is 113 Å². The highest BCUT2D eigenvalue weighted by Gasteiger charge is 2.13. The fourth-order valence-corrected chi connectivity index (χ4v) is 2.27. The molecular weight excluding hydrogens is 244 g/mol. The number of carbonyl (C=O) groups excluding carboxylic acids is 1. The predicted octanol–water partition coefficient (Wildman–Crippen LogP) is 0.355. The molecule has 1 aromatic heterocycles. The molecule has 1 aliphatic rings. The Hall–Kier alpha value is -1.40. The molecule has 6 nitrogen and oxygen atoms in total. The summed E-state index contributed by atoms with van der Waals surface area (Å²) < 4.78 is 6.88. The summed E-state index contributed by atoms with van der Waals surface area (Å²) in [6, 6.07) is 0. The second-order valence-corrected chi connectivity index (χ2v) is 4.64. The van der Waals surface area contributed by atoms with Crippen molar-refractivity contribution in [2.45, 2.75) is 19.9 Å². The number of piperazine rings is 1. The Kier molecular flexibility index (Phi) is 5.35. The molecular formula is C13H22N4O2. The molecule has 0 unspecified atom stereocenters. The Balaban J connectivity index is 1.79. The topological polar surface area (TPSA) is 59.4 Å². The minimum absolute atomic E-state index is 0.290. The van der Waals surface area contributed by atoms with Gasteiger partial charge in [0.2, 0.25) is 0 Å². The molecule has 0 bridgehead atoms. The van der Waals surface area contributed by atoms with Crippen LogP contribution in [0.25, 0.3) is 0 Å². The molecule has 0 saturated carbocycles. The van der Waals surface area contributed by atoms with Crippen LogP contribution in [-0.2, 0) is 11.3 Å². The van der Waals surface area contributed by atoms with Gasteiger partial charge in [0.25, 0.3) is 0 Å². The monoisotopic (exact) mass is 266 g/mol. The van der Waals surface area contributed by atoms with E-state index in [2.05, 4.69) is 15.2 Å². The Morgan fingerprint density at radius 2 is 2.21 bits per heavy atom. The highest BCUT2D eigenvalue weighted by molar-refractivity contribution is 5.87. The summed E-state index contributed by atoms with van der Waals surface area (Å²) in [5.74, 6) is -0.290. The van der Waals surface area contributed by atoms with E-state index in [4.69, 9.17) is 4.74 Å². The first-order valence-electron chi connectivity index (χ1n) is 6.91. The van der Waals surface area contributed by atoms with E-state index >= 15 is 0 Å². The van der Waals surface area contributed by atoms with Crippen LogP contribution in [-0.4, -0.2) is 59.8 Å². The minimum atomic E-state index is -0.290. The molecule has 0 radical (unpaired) electrons. The van der Waals surface area contributed by atoms with Crippen molar-refractivity contribution in [1.82, 2.24) is 19.8 Å². The number of imidazole rings is 1. The zero-order valence-electron chi connectivity index (χ0n) is 11.5. The number of ether oxygens (including phenoxy) is 1. The number of carbonyl (C=O) groups is 1. The van der Waals surface area contributed by atoms with Crippen molar-refractivity contribution in [2.75, 3.05) is 39.3 Å². The largest absolute Gasteiger partial charge is 0.461 e. The summed E-state index contributed by atoms with van der Waals surface area (Å²) in [6.07, 6.45) is 4.29. The van der Waals surface area contributed by atoms with E-state index in [0.29, 0.717) is 12.3 Å². The lowest BCUT2D eigenvalue weighted by Crippen LogP contribution is -2.43. The maximum Gasteiger partial charge on any atom is 0.356 e. The molecule has 6 heteroatoms. The Morgan fingerprint density at radius 1 is 1.42 bits per heavy atom. The minimum Gasteiger partial charge on any atom is -0.461 e. The third-order valence-electron chi connectivity index (χ3n) is 3.28. The van der Waals surface area contributed by atoms with E-state index in [9.17, 15) is 4.79 Å². The number of aromatic nitrogens is 2. The van der Waals surface area contributed by atoms with Crippen LogP contribution in [0.15, 0.2) is 12.5 Å². The van der Waals surface area contributed by atoms with Crippen molar-refractivity contribution in [3.63, 3.8) is 0 Å². The lowest BCUT2D eigenvalue weighted by Gasteiger charge is -2.27. The molecule has 0 spiro atoms. The van der Waals surface area contributed by atoms with Gasteiger partial charge < -0.3 is 19.5 Å². The number of esters is 1. The van der Waals surface area contributed by atoms with Gasteiger partial charge in [-0.2, -0.15) is 0 Å². The van der Waals surface area contributed by atoms with Gasteiger partial charge in [0.1, 0.15) is 5.69 Å². The molecule has 0 aliphatic carbocycles. The number of nitrogens with one attached hydrogen (secondary N) is 1. The number of aryl methyl sites for hydroxylation is 1. The van der Waals surface area contributed by atoms with Gasteiger partial charge >= 0.3 is 5.97 Å². The number of hydrogen-bond donors (Lipinski definition) is 1. The summed E-state index contributed by atoms with van der Waals surface area (Å²) in [5.41, 5.74) is 0.544. The van der Waals surface area contributed by atoms with E-state index in [1.807, 2.05) is 11.5 Å². The Bertz CT molecular complexity index is 399. The van der Waals surface area contributed by atoms with Gasteiger partial charge in [-0.3, -0.25) is 0 Å². The van der Waals surface area contributed by atoms with Crippen LogP contribution in [0.5, 0.6) is 0 Å². The van der Waals surface area contributed by atoms with Gasteiger partial charge in [0.05, 0.1) is 19.1 Å². The smallest absolute Gasteiger partial charge is 0.356 e. The third-order valence-corrected chi connectivity index (χ3v) is 3.28. The van der Waals surface area contributed by atoms with Crippen molar-refractivity contribution < 1.29 is 9.53 Å². The van der Waals surface area contributed by atoms with Crippen molar-refractivity contribution in [3.8, 4) is 0 Å². The zero-order valence-corrected chi connectivity index (χ0v) is 11.5. The average Bonchev–Trinajstić information content (AvgIpc) is 2.89. The van der Waals surface area contributed by atoms with Crippen LogP contribution in [0.1, 0.15) is 23.8 Å². The number of hydrogen-bond acceptors (Lipinski definition) is 5. The van der Waals surface area contributed by atoms with Crippen LogP contribution in [0, 0.1) is 0 Å². The first kappa shape index (κ1) is 14.0. The molecule has 1 N–H and O–H groups in total. The fourth-order valence-electron chi connectivity index (χ4n) is 2.27. The molecule has 1 aromatic rings. The van der Waals surface area contributed by atoms with E-state index < -0.39 is 0 Å².